The van der Waals surface area contributed by atoms with E-state index >= 15 is 0 Å². The number of nitrogens with zero attached hydrogens (tertiary/aromatic N) is 1. The summed E-state index contributed by atoms with van der Waals surface area (Å²) in [5.41, 5.74) is 1.94. The van der Waals surface area contributed by atoms with E-state index in [1.165, 1.54) is 0 Å². The minimum absolute atomic E-state index is 0.385. The van der Waals surface area contributed by atoms with E-state index in [1.54, 1.807) is 17.5 Å². The highest BCUT2D eigenvalue weighted by Gasteiger charge is 2.10. The fraction of sp³-hybridized carbons (Fsp3) is 0.417. The van der Waals surface area contributed by atoms with E-state index in [9.17, 15) is 5.11 Å². The molecule has 1 atom stereocenters. The molecule has 0 fully saturated rings. The van der Waals surface area contributed by atoms with Gasteiger partial charge in [0.2, 0.25) is 0 Å². The summed E-state index contributed by atoms with van der Waals surface area (Å²) in [5.74, 6) is 0.499. The first kappa shape index (κ1) is 10.6. The maximum Gasteiger partial charge on any atom is 0.0809 e. The van der Waals surface area contributed by atoms with Crippen LogP contribution in [0.1, 0.15) is 31.9 Å². The second-order valence-corrected chi connectivity index (χ2v) is 5.17. The van der Waals surface area contributed by atoms with Crippen molar-refractivity contribution in [3.63, 3.8) is 0 Å². The van der Waals surface area contributed by atoms with Crippen LogP contribution in [0.2, 0.25) is 0 Å². The van der Waals surface area contributed by atoms with E-state index in [1.807, 2.05) is 17.5 Å². The number of thiophene rings is 1. The molecule has 0 saturated heterocycles. The monoisotopic (exact) mass is 221 g/mol. The van der Waals surface area contributed by atoms with E-state index in [0.29, 0.717) is 5.92 Å². The van der Waals surface area contributed by atoms with Gasteiger partial charge in [-0.05, 0) is 29.9 Å². The number of fused-ring (bicyclic) bond motifs is 1. The van der Waals surface area contributed by atoms with Crippen molar-refractivity contribution in [2.45, 2.75) is 26.4 Å². The molecule has 2 nitrogen and oxygen atoms in total. The van der Waals surface area contributed by atoms with Crippen LogP contribution < -0.4 is 0 Å². The molecule has 80 valence electrons. The molecule has 0 bridgehead atoms. The molecule has 0 radical (unpaired) electrons. The maximum absolute atomic E-state index is 9.95. The topological polar surface area (TPSA) is 33.1 Å². The number of hydrogen-bond donors (Lipinski definition) is 1. The Bertz CT molecular complexity index is 450. The molecule has 2 aromatic heterocycles. The Morgan fingerprint density at radius 3 is 3.00 bits per heavy atom. The summed E-state index contributed by atoms with van der Waals surface area (Å²) in [6.07, 6.45) is 2.18. The summed E-state index contributed by atoms with van der Waals surface area (Å²) < 4.78 is 1.15. The third-order valence-corrected chi connectivity index (χ3v) is 3.26. The van der Waals surface area contributed by atoms with E-state index in [2.05, 4.69) is 18.8 Å². The Hall–Kier alpha value is -0.930. The third kappa shape index (κ3) is 2.36. The van der Waals surface area contributed by atoms with Gasteiger partial charge in [0.25, 0.3) is 0 Å². The standard InChI is InChI=1S/C12H15NOS/c1-8(2)5-11(14)9-6-12-10(13-7-9)3-4-15-12/h3-4,6-8,11,14H,5H2,1-2H3. The largest absolute Gasteiger partial charge is 0.388 e. The molecule has 15 heavy (non-hydrogen) atoms. The van der Waals surface area contributed by atoms with E-state index in [-0.39, 0.29) is 6.10 Å². The summed E-state index contributed by atoms with van der Waals surface area (Å²) in [7, 11) is 0. The van der Waals surface area contributed by atoms with Gasteiger partial charge in [0.1, 0.15) is 0 Å². The second kappa shape index (κ2) is 4.29. The minimum atomic E-state index is -0.385. The van der Waals surface area contributed by atoms with Gasteiger partial charge in [0, 0.05) is 11.8 Å². The number of aliphatic hydroxyl groups excluding tert-OH is 1. The molecule has 1 unspecified atom stereocenters. The molecule has 3 heteroatoms. The molecule has 2 heterocycles. The SMILES string of the molecule is CC(C)CC(O)c1cnc2ccsc2c1. The second-order valence-electron chi connectivity index (χ2n) is 4.22. The van der Waals surface area contributed by atoms with Crippen molar-refractivity contribution in [1.82, 2.24) is 4.98 Å². The Labute approximate surface area is 93.6 Å². The fourth-order valence-electron chi connectivity index (χ4n) is 1.63. The lowest BCUT2D eigenvalue weighted by molar-refractivity contribution is 0.151. The van der Waals surface area contributed by atoms with Gasteiger partial charge in [-0.15, -0.1) is 11.3 Å². The summed E-state index contributed by atoms with van der Waals surface area (Å²) in [6, 6.07) is 4.04. The predicted molar refractivity (Wildman–Crippen MR) is 64.0 cm³/mol. The molecule has 0 spiro atoms. The molecular weight excluding hydrogens is 206 g/mol. The summed E-state index contributed by atoms with van der Waals surface area (Å²) in [6.45, 7) is 4.22. The Morgan fingerprint density at radius 2 is 2.27 bits per heavy atom. The molecule has 1 N–H and O–H groups in total. The Morgan fingerprint density at radius 1 is 1.47 bits per heavy atom. The molecular formula is C12H15NOS. The van der Waals surface area contributed by atoms with Crippen LogP contribution in [0.15, 0.2) is 23.7 Å². The first-order valence-electron chi connectivity index (χ1n) is 5.18. The lowest BCUT2D eigenvalue weighted by Crippen LogP contribution is -2.02. The van der Waals surface area contributed by atoms with Crippen LogP contribution in [0.4, 0.5) is 0 Å². The highest BCUT2D eigenvalue weighted by atomic mass is 32.1. The van der Waals surface area contributed by atoms with Crippen molar-refractivity contribution in [3.8, 4) is 0 Å². The fourth-order valence-corrected chi connectivity index (χ4v) is 2.42. The van der Waals surface area contributed by atoms with Gasteiger partial charge >= 0.3 is 0 Å². The van der Waals surface area contributed by atoms with Gasteiger partial charge in [-0.3, -0.25) is 4.98 Å². The van der Waals surface area contributed by atoms with Crippen molar-refractivity contribution in [3.05, 3.63) is 29.3 Å². The molecule has 0 amide bonds. The number of aliphatic hydroxyl groups is 1. The third-order valence-electron chi connectivity index (χ3n) is 2.40. The van der Waals surface area contributed by atoms with E-state index < -0.39 is 0 Å². The summed E-state index contributed by atoms with van der Waals surface area (Å²) in [4.78, 5) is 4.32. The first-order valence-corrected chi connectivity index (χ1v) is 6.06. The van der Waals surface area contributed by atoms with Gasteiger partial charge in [-0.1, -0.05) is 13.8 Å². The lowest BCUT2D eigenvalue weighted by atomic mass is 10.0. The normalized spacial score (nSPS) is 13.6. The van der Waals surface area contributed by atoms with Crippen LogP contribution in [0.25, 0.3) is 10.2 Å². The van der Waals surface area contributed by atoms with Crippen LogP contribution in [-0.4, -0.2) is 10.1 Å². The van der Waals surface area contributed by atoms with Crippen molar-refractivity contribution in [1.29, 1.82) is 0 Å². The molecule has 2 aromatic rings. The molecule has 0 aliphatic carbocycles. The average molecular weight is 221 g/mol. The maximum atomic E-state index is 9.95. The zero-order valence-corrected chi connectivity index (χ0v) is 9.79. The molecule has 0 saturated carbocycles. The van der Waals surface area contributed by atoms with Crippen molar-refractivity contribution < 1.29 is 5.11 Å². The molecule has 0 aliphatic rings. The van der Waals surface area contributed by atoms with E-state index in [4.69, 9.17) is 0 Å². The highest BCUT2D eigenvalue weighted by Crippen LogP contribution is 2.25. The average Bonchev–Trinajstić information content (AvgIpc) is 2.62. The predicted octanol–water partition coefficient (Wildman–Crippen LogP) is 3.38. The van der Waals surface area contributed by atoms with Crippen LogP contribution in [0.3, 0.4) is 0 Å². The zero-order chi connectivity index (χ0) is 10.8. The van der Waals surface area contributed by atoms with Crippen molar-refractivity contribution in [2.24, 2.45) is 5.92 Å². The number of pyridine rings is 1. The van der Waals surface area contributed by atoms with Gasteiger partial charge < -0.3 is 5.11 Å². The Kier molecular flexibility index (Phi) is 3.03. The number of hydrogen-bond acceptors (Lipinski definition) is 3. The minimum Gasteiger partial charge on any atom is -0.388 e. The zero-order valence-electron chi connectivity index (χ0n) is 8.97. The highest BCUT2D eigenvalue weighted by molar-refractivity contribution is 7.17. The molecule has 0 aliphatic heterocycles. The molecule has 2 rings (SSSR count). The number of aromatic nitrogens is 1. The van der Waals surface area contributed by atoms with Gasteiger partial charge in [0.05, 0.1) is 16.3 Å². The van der Waals surface area contributed by atoms with Crippen LogP contribution in [-0.2, 0) is 0 Å². The first-order chi connectivity index (χ1) is 7.16. The quantitative estimate of drug-likeness (QED) is 0.862. The number of rotatable bonds is 3. The summed E-state index contributed by atoms with van der Waals surface area (Å²) >= 11 is 1.66. The van der Waals surface area contributed by atoms with Gasteiger partial charge in [-0.25, -0.2) is 0 Å². The summed E-state index contributed by atoms with van der Waals surface area (Å²) in [5, 5.41) is 12.0. The smallest absolute Gasteiger partial charge is 0.0809 e. The molecule has 0 aromatic carbocycles. The van der Waals surface area contributed by atoms with Crippen LogP contribution >= 0.6 is 11.3 Å². The van der Waals surface area contributed by atoms with Crippen LogP contribution in [0, 0.1) is 5.92 Å². The van der Waals surface area contributed by atoms with Gasteiger partial charge in [-0.2, -0.15) is 0 Å². The van der Waals surface area contributed by atoms with Crippen LogP contribution in [0.5, 0.6) is 0 Å². The van der Waals surface area contributed by atoms with Crippen molar-refractivity contribution in [2.75, 3.05) is 0 Å². The van der Waals surface area contributed by atoms with Gasteiger partial charge in [0.15, 0.2) is 0 Å². The Balaban J connectivity index is 2.27. The lowest BCUT2D eigenvalue weighted by Gasteiger charge is -2.12. The van der Waals surface area contributed by atoms with Crippen molar-refractivity contribution >= 4 is 21.6 Å². The van der Waals surface area contributed by atoms with E-state index in [0.717, 1.165) is 22.2 Å².